The molecule has 8 heteroatoms. The second kappa shape index (κ2) is 9.82. The number of aliphatic hydroxyl groups excluding tert-OH is 2. The van der Waals surface area contributed by atoms with E-state index in [0.717, 1.165) is 50.5 Å². The van der Waals surface area contributed by atoms with Gasteiger partial charge in [0.1, 0.15) is 29.0 Å². The maximum absolute atomic E-state index is 14.0. The largest absolute Gasteiger partial charge is 0.573 e. The quantitative estimate of drug-likeness (QED) is 0.322. The van der Waals surface area contributed by atoms with Crippen LogP contribution < -0.4 is 9.47 Å². The molecule has 3 aromatic rings. The van der Waals surface area contributed by atoms with Crippen LogP contribution in [0.3, 0.4) is 0 Å². The molecule has 1 heterocycles. The van der Waals surface area contributed by atoms with Crippen molar-refractivity contribution in [3.8, 4) is 22.6 Å². The summed E-state index contributed by atoms with van der Waals surface area (Å²) < 4.78 is 62.7. The normalized spacial score (nSPS) is 21.2. The van der Waals surface area contributed by atoms with Crippen molar-refractivity contribution in [2.45, 2.75) is 81.5 Å². The average Bonchev–Trinajstić information content (AvgIpc) is 3.41. The van der Waals surface area contributed by atoms with Gasteiger partial charge in [0.25, 0.3) is 0 Å². The SMILES string of the molecule is O[C@@H](c1ccc(OC(F)(F)F)cc1)c1c(C2CCCC2)cc2c(c1-c1ccc(F)cc1)[C@@H](O)CC1(CCC1)O2. The van der Waals surface area contributed by atoms with E-state index in [-0.39, 0.29) is 11.7 Å². The summed E-state index contributed by atoms with van der Waals surface area (Å²) in [6, 6.07) is 13.1. The average molecular weight is 543 g/mol. The first kappa shape index (κ1) is 26.1. The van der Waals surface area contributed by atoms with E-state index < -0.39 is 30.0 Å². The molecule has 0 aromatic heterocycles. The summed E-state index contributed by atoms with van der Waals surface area (Å²) in [5.74, 6) is -0.0491. The van der Waals surface area contributed by atoms with Gasteiger partial charge in [-0.1, -0.05) is 37.1 Å². The molecular formula is C31H30F4O4. The first-order chi connectivity index (χ1) is 18.6. The Balaban J connectivity index is 1.54. The van der Waals surface area contributed by atoms with Crippen molar-refractivity contribution >= 4 is 0 Å². The number of aliphatic hydroxyl groups is 2. The maximum Gasteiger partial charge on any atom is 0.573 e. The van der Waals surface area contributed by atoms with Crippen LogP contribution in [0.25, 0.3) is 11.1 Å². The van der Waals surface area contributed by atoms with Gasteiger partial charge in [0.05, 0.1) is 6.10 Å². The number of alkyl halides is 3. The number of benzene rings is 3. The van der Waals surface area contributed by atoms with E-state index in [1.54, 1.807) is 12.1 Å². The molecule has 1 aliphatic heterocycles. The molecule has 39 heavy (non-hydrogen) atoms. The van der Waals surface area contributed by atoms with Crippen LogP contribution in [0.2, 0.25) is 0 Å². The maximum atomic E-state index is 14.0. The zero-order valence-electron chi connectivity index (χ0n) is 21.3. The molecule has 6 rings (SSSR count). The Hall–Kier alpha value is -3.10. The van der Waals surface area contributed by atoms with Crippen molar-refractivity contribution in [3.05, 3.63) is 82.7 Å². The molecule has 0 radical (unpaired) electrons. The predicted octanol–water partition coefficient (Wildman–Crippen LogP) is 7.87. The predicted molar refractivity (Wildman–Crippen MR) is 137 cm³/mol. The van der Waals surface area contributed by atoms with Gasteiger partial charge in [0, 0.05) is 12.0 Å². The van der Waals surface area contributed by atoms with E-state index >= 15 is 0 Å². The molecule has 3 aliphatic rings. The Morgan fingerprint density at radius 2 is 1.62 bits per heavy atom. The molecule has 2 saturated carbocycles. The Morgan fingerprint density at radius 3 is 2.21 bits per heavy atom. The fourth-order valence-electron chi connectivity index (χ4n) is 6.55. The number of fused-ring (bicyclic) bond motifs is 1. The Kier molecular flexibility index (Phi) is 6.58. The van der Waals surface area contributed by atoms with Gasteiger partial charge < -0.3 is 19.7 Å². The van der Waals surface area contributed by atoms with Crippen molar-refractivity contribution in [1.82, 2.24) is 0 Å². The molecule has 4 nitrogen and oxygen atoms in total. The van der Waals surface area contributed by atoms with Gasteiger partial charge >= 0.3 is 6.36 Å². The number of rotatable bonds is 5. The molecule has 1 spiro atoms. The van der Waals surface area contributed by atoms with Crippen LogP contribution in [0.4, 0.5) is 17.6 Å². The van der Waals surface area contributed by atoms with Crippen LogP contribution >= 0.6 is 0 Å². The molecule has 2 N–H and O–H groups in total. The molecule has 0 unspecified atom stereocenters. The van der Waals surface area contributed by atoms with E-state index in [9.17, 15) is 27.8 Å². The van der Waals surface area contributed by atoms with E-state index in [1.807, 2.05) is 6.07 Å². The van der Waals surface area contributed by atoms with Crippen LogP contribution in [-0.2, 0) is 0 Å². The lowest BCUT2D eigenvalue weighted by Crippen LogP contribution is -2.47. The van der Waals surface area contributed by atoms with Crippen molar-refractivity contribution in [1.29, 1.82) is 0 Å². The molecule has 0 saturated heterocycles. The third-order valence-corrected chi connectivity index (χ3v) is 8.52. The summed E-state index contributed by atoms with van der Waals surface area (Å²) in [5.41, 5.74) is 3.25. The van der Waals surface area contributed by atoms with Gasteiger partial charge in [-0.05, 0) is 96.2 Å². The number of ether oxygens (including phenoxy) is 2. The van der Waals surface area contributed by atoms with Crippen LogP contribution in [-0.4, -0.2) is 22.2 Å². The molecule has 2 fully saturated rings. The van der Waals surface area contributed by atoms with Crippen LogP contribution in [0.5, 0.6) is 11.5 Å². The molecule has 0 amide bonds. The van der Waals surface area contributed by atoms with Gasteiger partial charge in [-0.15, -0.1) is 13.2 Å². The summed E-state index contributed by atoms with van der Waals surface area (Å²) >= 11 is 0. The van der Waals surface area contributed by atoms with Gasteiger partial charge in [0.15, 0.2) is 0 Å². The fraction of sp³-hybridized carbons (Fsp3) is 0.419. The summed E-state index contributed by atoms with van der Waals surface area (Å²) in [4.78, 5) is 0. The zero-order valence-corrected chi connectivity index (χ0v) is 21.3. The van der Waals surface area contributed by atoms with E-state index in [0.29, 0.717) is 40.0 Å². The van der Waals surface area contributed by atoms with Gasteiger partial charge in [-0.2, -0.15) is 0 Å². The van der Waals surface area contributed by atoms with Crippen LogP contribution in [0.15, 0.2) is 54.6 Å². The molecule has 206 valence electrons. The zero-order chi connectivity index (χ0) is 27.4. The smallest absolute Gasteiger partial charge is 0.487 e. The number of hydrogen-bond donors (Lipinski definition) is 2. The standard InChI is InChI=1S/C31H30F4O4/c32-21-10-6-19(7-11-21)26-27(29(37)20-8-12-22(13-9-20)38-31(33,34)35)23(18-4-1-2-5-18)16-25-28(26)24(36)17-30(39-25)14-3-15-30/h6-13,16,18,24,29,36-37H,1-5,14-15,17H2/t24-,29-/m0/s1. The second-order valence-corrected chi connectivity index (χ2v) is 11.0. The summed E-state index contributed by atoms with van der Waals surface area (Å²) in [5, 5.41) is 23.3. The fourth-order valence-corrected chi connectivity index (χ4v) is 6.55. The Labute approximate surface area is 224 Å². The highest BCUT2D eigenvalue weighted by Gasteiger charge is 2.47. The first-order valence-electron chi connectivity index (χ1n) is 13.5. The van der Waals surface area contributed by atoms with Crippen molar-refractivity contribution in [2.24, 2.45) is 0 Å². The minimum atomic E-state index is -4.82. The third kappa shape index (κ3) is 5.00. The van der Waals surface area contributed by atoms with Crippen LogP contribution in [0, 0.1) is 5.82 Å². The minimum Gasteiger partial charge on any atom is -0.487 e. The van der Waals surface area contributed by atoms with Crippen LogP contribution in [0.1, 0.15) is 91.7 Å². The molecule has 0 bridgehead atoms. The van der Waals surface area contributed by atoms with Gasteiger partial charge in [-0.3, -0.25) is 0 Å². The highest BCUT2D eigenvalue weighted by atomic mass is 19.4. The minimum absolute atomic E-state index is 0.145. The molecule has 2 atom stereocenters. The third-order valence-electron chi connectivity index (χ3n) is 8.52. The topological polar surface area (TPSA) is 58.9 Å². The Morgan fingerprint density at radius 1 is 0.949 bits per heavy atom. The Bertz CT molecular complexity index is 1340. The lowest BCUT2D eigenvalue weighted by Gasteiger charge is -2.48. The van der Waals surface area contributed by atoms with E-state index in [2.05, 4.69) is 4.74 Å². The highest BCUT2D eigenvalue weighted by molar-refractivity contribution is 5.78. The van der Waals surface area contributed by atoms with Gasteiger partial charge in [-0.25, -0.2) is 4.39 Å². The summed E-state index contributed by atoms with van der Waals surface area (Å²) in [7, 11) is 0. The van der Waals surface area contributed by atoms with Gasteiger partial charge in [0.2, 0.25) is 0 Å². The molecular weight excluding hydrogens is 512 g/mol. The lowest BCUT2D eigenvalue weighted by molar-refractivity contribution is -0.274. The summed E-state index contributed by atoms with van der Waals surface area (Å²) in [6.07, 6.45) is 0.246. The second-order valence-electron chi connectivity index (χ2n) is 11.0. The number of halogens is 4. The summed E-state index contributed by atoms with van der Waals surface area (Å²) in [6.45, 7) is 0. The highest BCUT2D eigenvalue weighted by Crippen LogP contribution is 2.55. The lowest BCUT2D eigenvalue weighted by atomic mass is 9.71. The van der Waals surface area contributed by atoms with Crippen molar-refractivity contribution in [2.75, 3.05) is 0 Å². The monoisotopic (exact) mass is 542 g/mol. The molecule has 3 aromatic carbocycles. The number of hydrogen-bond acceptors (Lipinski definition) is 4. The van der Waals surface area contributed by atoms with Crippen molar-refractivity contribution < 1.29 is 37.2 Å². The van der Waals surface area contributed by atoms with Crippen molar-refractivity contribution in [3.63, 3.8) is 0 Å². The molecule has 2 aliphatic carbocycles. The van der Waals surface area contributed by atoms with E-state index in [4.69, 9.17) is 4.74 Å². The first-order valence-corrected chi connectivity index (χ1v) is 13.5. The van der Waals surface area contributed by atoms with E-state index in [1.165, 1.54) is 36.4 Å².